The smallest absolute Gasteiger partial charge is 0.213 e. The van der Waals surface area contributed by atoms with Crippen LogP contribution in [0.1, 0.15) is 11.1 Å². The second-order valence-electron chi connectivity index (χ2n) is 5.68. The van der Waals surface area contributed by atoms with E-state index < -0.39 is 10.0 Å². The maximum Gasteiger partial charge on any atom is 0.213 e. The lowest BCUT2D eigenvalue weighted by molar-refractivity contribution is 0.597. The number of primary sulfonamides is 1. The molecule has 6 nitrogen and oxygen atoms in total. The van der Waals surface area contributed by atoms with E-state index in [2.05, 4.69) is 15.3 Å². The average molecular weight is 360 g/mol. The Morgan fingerprint density at radius 2 is 1.76 bits per heavy atom. The van der Waals surface area contributed by atoms with E-state index in [4.69, 9.17) is 5.14 Å². The lowest BCUT2D eigenvalue weighted by atomic mass is 10.1. The van der Waals surface area contributed by atoms with Gasteiger partial charge in [-0.15, -0.1) is 0 Å². The van der Waals surface area contributed by atoms with E-state index in [1.54, 1.807) is 18.2 Å². The normalized spacial score (nSPS) is 11.6. The third-order valence-electron chi connectivity index (χ3n) is 3.69. The first-order valence-corrected chi connectivity index (χ1v) is 9.35. The number of hydrogen-bond acceptors (Lipinski definition) is 5. The third kappa shape index (κ3) is 4.71. The van der Waals surface area contributed by atoms with Crippen LogP contribution in [0.15, 0.2) is 48.8 Å². The second-order valence-corrected chi connectivity index (χ2v) is 7.30. The molecule has 0 saturated heterocycles. The molecule has 0 fully saturated rings. The van der Waals surface area contributed by atoms with Crippen LogP contribution >= 0.6 is 0 Å². The molecule has 2 aromatic carbocycles. The minimum atomic E-state index is -3.52. The van der Waals surface area contributed by atoms with Gasteiger partial charge in [0, 0.05) is 11.9 Å². The molecular formula is C17H17FN4O2S. The number of aromatic nitrogens is 2. The quantitative estimate of drug-likeness (QED) is 0.702. The average Bonchev–Trinajstić information content (AvgIpc) is 2.55. The summed E-state index contributed by atoms with van der Waals surface area (Å²) < 4.78 is 35.6. The molecule has 0 atom stereocenters. The monoisotopic (exact) mass is 360 g/mol. The Kier molecular flexibility index (Phi) is 4.91. The third-order valence-corrected chi connectivity index (χ3v) is 4.43. The minimum absolute atomic E-state index is 0.177. The van der Waals surface area contributed by atoms with Crippen LogP contribution in [0.5, 0.6) is 0 Å². The number of rotatable bonds is 6. The summed E-state index contributed by atoms with van der Waals surface area (Å²) in [6.07, 6.45) is 2.14. The standard InChI is InChI=1S/C17H17FN4O2S/c18-14-5-6-16-15(9-14)17(22-11-21-16)20-8-7-12-1-3-13(4-2-12)10-25(19,23)24/h1-6,9,11H,7-8,10H2,(H2,19,23,24)(H,20,21,22). The van der Waals surface area contributed by atoms with Gasteiger partial charge in [0.1, 0.15) is 18.0 Å². The van der Waals surface area contributed by atoms with Crippen LogP contribution in [-0.2, 0) is 22.2 Å². The molecule has 0 aliphatic heterocycles. The molecule has 1 heterocycles. The highest BCUT2D eigenvalue weighted by Gasteiger charge is 2.06. The van der Waals surface area contributed by atoms with Crippen molar-refractivity contribution < 1.29 is 12.8 Å². The Balaban J connectivity index is 1.64. The van der Waals surface area contributed by atoms with Crippen LogP contribution in [0, 0.1) is 5.82 Å². The van der Waals surface area contributed by atoms with E-state index in [0.717, 1.165) is 5.56 Å². The van der Waals surface area contributed by atoms with Crippen molar-refractivity contribution in [1.29, 1.82) is 0 Å². The van der Waals surface area contributed by atoms with Crippen LogP contribution in [0.2, 0.25) is 0 Å². The summed E-state index contributed by atoms with van der Waals surface area (Å²) in [5.41, 5.74) is 2.36. The molecule has 130 valence electrons. The zero-order chi connectivity index (χ0) is 17.9. The molecule has 0 amide bonds. The Labute approximate surface area is 145 Å². The zero-order valence-corrected chi connectivity index (χ0v) is 14.1. The van der Waals surface area contributed by atoms with E-state index in [0.29, 0.717) is 35.2 Å². The molecule has 0 radical (unpaired) electrons. The summed E-state index contributed by atoms with van der Waals surface area (Å²) in [5, 5.41) is 8.84. The van der Waals surface area contributed by atoms with Crippen molar-refractivity contribution in [2.75, 3.05) is 11.9 Å². The zero-order valence-electron chi connectivity index (χ0n) is 13.3. The highest BCUT2D eigenvalue weighted by atomic mass is 32.2. The summed E-state index contributed by atoms with van der Waals surface area (Å²) in [6.45, 7) is 0.594. The SMILES string of the molecule is NS(=O)(=O)Cc1ccc(CCNc2ncnc3ccc(F)cc23)cc1. The molecule has 0 spiro atoms. The van der Waals surface area contributed by atoms with E-state index in [1.807, 2.05) is 12.1 Å². The molecule has 0 bridgehead atoms. The Morgan fingerprint density at radius 1 is 1.04 bits per heavy atom. The number of fused-ring (bicyclic) bond motifs is 1. The van der Waals surface area contributed by atoms with E-state index in [-0.39, 0.29) is 11.6 Å². The first-order chi connectivity index (χ1) is 11.9. The lowest BCUT2D eigenvalue weighted by Gasteiger charge is -2.09. The van der Waals surface area contributed by atoms with Gasteiger partial charge >= 0.3 is 0 Å². The van der Waals surface area contributed by atoms with Gasteiger partial charge in [-0.25, -0.2) is 27.9 Å². The van der Waals surface area contributed by atoms with Gasteiger partial charge in [-0.2, -0.15) is 0 Å². The topological polar surface area (TPSA) is 98.0 Å². The maximum atomic E-state index is 13.4. The molecule has 3 N–H and O–H groups in total. The van der Waals surface area contributed by atoms with Gasteiger partial charge in [-0.1, -0.05) is 24.3 Å². The number of benzene rings is 2. The Bertz CT molecular complexity index is 991. The molecule has 0 unspecified atom stereocenters. The number of halogens is 1. The van der Waals surface area contributed by atoms with Gasteiger partial charge in [0.05, 0.1) is 11.3 Å². The van der Waals surface area contributed by atoms with Crippen molar-refractivity contribution in [3.05, 3.63) is 65.7 Å². The lowest BCUT2D eigenvalue weighted by Crippen LogP contribution is -2.14. The summed E-state index contributed by atoms with van der Waals surface area (Å²) >= 11 is 0. The first kappa shape index (κ1) is 17.2. The van der Waals surface area contributed by atoms with Gasteiger partial charge in [0.2, 0.25) is 10.0 Å². The highest BCUT2D eigenvalue weighted by Crippen LogP contribution is 2.20. The number of nitrogens with zero attached hydrogens (tertiary/aromatic N) is 2. The van der Waals surface area contributed by atoms with Crippen LogP contribution in [0.25, 0.3) is 10.9 Å². The predicted octanol–water partition coefficient (Wildman–Crippen LogP) is 2.21. The summed E-state index contributed by atoms with van der Waals surface area (Å²) in [4.78, 5) is 8.28. The number of anilines is 1. The fourth-order valence-corrected chi connectivity index (χ4v) is 3.19. The number of sulfonamides is 1. The molecule has 0 aliphatic rings. The van der Waals surface area contributed by atoms with Gasteiger partial charge in [-0.3, -0.25) is 0 Å². The number of nitrogens with two attached hydrogens (primary N) is 1. The fourth-order valence-electron chi connectivity index (χ4n) is 2.53. The van der Waals surface area contributed by atoms with E-state index >= 15 is 0 Å². The van der Waals surface area contributed by atoms with Crippen molar-refractivity contribution in [3.63, 3.8) is 0 Å². The van der Waals surface area contributed by atoms with Crippen molar-refractivity contribution in [3.8, 4) is 0 Å². The molecule has 0 aliphatic carbocycles. The first-order valence-electron chi connectivity index (χ1n) is 7.63. The molecule has 8 heteroatoms. The molecule has 3 aromatic rings. The van der Waals surface area contributed by atoms with E-state index in [9.17, 15) is 12.8 Å². The van der Waals surface area contributed by atoms with E-state index in [1.165, 1.54) is 18.5 Å². The summed E-state index contributed by atoms with van der Waals surface area (Å²) in [7, 11) is -3.52. The van der Waals surface area contributed by atoms with Crippen LogP contribution in [0.4, 0.5) is 10.2 Å². The van der Waals surface area contributed by atoms with Crippen LogP contribution < -0.4 is 10.5 Å². The van der Waals surface area contributed by atoms with Crippen molar-refractivity contribution in [2.45, 2.75) is 12.2 Å². The van der Waals surface area contributed by atoms with Crippen molar-refractivity contribution >= 4 is 26.7 Å². The molecule has 25 heavy (non-hydrogen) atoms. The molecule has 3 rings (SSSR count). The molecular weight excluding hydrogens is 343 g/mol. The predicted molar refractivity (Wildman–Crippen MR) is 94.9 cm³/mol. The van der Waals surface area contributed by atoms with Crippen LogP contribution in [-0.4, -0.2) is 24.9 Å². The highest BCUT2D eigenvalue weighted by molar-refractivity contribution is 7.88. The number of hydrogen-bond donors (Lipinski definition) is 2. The Morgan fingerprint density at radius 3 is 2.48 bits per heavy atom. The Hall–Kier alpha value is -2.58. The van der Waals surface area contributed by atoms with Gasteiger partial charge < -0.3 is 5.32 Å². The fraction of sp³-hybridized carbons (Fsp3) is 0.176. The molecule has 0 saturated carbocycles. The molecule has 1 aromatic heterocycles. The van der Waals surface area contributed by atoms with Gasteiger partial charge in [0.15, 0.2) is 0 Å². The van der Waals surface area contributed by atoms with Crippen molar-refractivity contribution in [2.24, 2.45) is 5.14 Å². The van der Waals surface area contributed by atoms with Gasteiger partial charge in [0.25, 0.3) is 0 Å². The minimum Gasteiger partial charge on any atom is -0.369 e. The van der Waals surface area contributed by atoms with Gasteiger partial charge in [-0.05, 0) is 35.7 Å². The largest absolute Gasteiger partial charge is 0.369 e. The number of nitrogens with one attached hydrogen (secondary N) is 1. The summed E-state index contributed by atoms with van der Waals surface area (Å²) in [6, 6.07) is 11.6. The second kappa shape index (κ2) is 7.12. The summed E-state index contributed by atoms with van der Waals surface area (Å²) in [5.74, 6) is 0.0652. The van der Waals surface area contributed by atoms with Crippen molar-refractivity contribution in [1.82, 2.24) is 9.97 Å². The maximum absolute atomic E-state index is 13.4. The van der Waals surface area contributed by atoms with Crippen LogP contribution in [0.3, 0.4) is 0 Å².